The third kappa shape index (κ3) is 3.20. The van der Waals surface area contributed by atoms with Gasteiger partial charge in [-0.2, -0.15) is 0 Å². The summed E-state index contributed by atoms with van der Waals surface area (Å²) in [5.41, 5.74) is 5.30. The SMILES string of the molecule is CCOC(=O)C(C)CN1CCCC1C(N)=O. The van der Waals surface area contributed by atoms with Gasteiger partial charge in [-0.15, -0.1) is 0 Å². The van der Waals surface area contributed by atoms with Gasteiger partial charge in [-0.3, -0.25) is 14.5 Å². The van der Waals surface area contributed by atoms with Crippen molar-refractivity contribution in [2.24, 2.45) is 11.7 Å². The van der Waals surface area contributed by atoms with Gasteiger partial charge in [0.05, 0.1) is 18.6 Å². The van der Waals surface area contributed by atoms with E-state index >= 15 is 0 Å². The summed E-state index contributed by atoms with van der Waals surface area (Å²) in [4.78, 5) is 24.6. The molecule has 1 aliphatic rings. The third-order valence-corrected chi connectivity index (χ3v) is 2.89. The van der Waals surface area contributed by atoms with Crippen molar-refractivity contribution in [1.82, 2.24) is 4.90 Å². The van der Waals surface area contributed by atoms with Gasteiger partial charge in [0.25, 0.3) is 0 Å². The minimum Gasteiger partial charge on any atom is -0.466 e. The monoisotopic (exact) mass is 228 g/mol. The molecule has 0 saturated carbocycles. The van der Waals surface area contributed by atoms with E-state index in [1.807, 2.05) is 11.8 Å². The van der Waals surface area contributed by atoms with Gasteiger partial charge in [0.1, 0.15) is 0 Å². The van der Waals surface area contributed by atoms with Crippen LogP contribution in [0.1, 0.15) is 26.7 Å². The molecule has 1 saturated heterocycles. The predicted molar refractivity (Wildman–Crippen MR) is 59.6 cm³/mol. The molecule has 1 aliphatic heterocycles. The first-order valence-corrected chi connectivity index (χ1v) is 5.76. The highest BCUT2D eigenvalue weighted by Gasteiger charge is 2.31. The number of primary amides is 1. The molecule has 0 spiro atoms. The number of carbonyl (C=O) groups excluding carboxylic acids is 2. The molecule has 2 unspecified atom stereocenters. The maximum atomic E-state index is 11.4. The molecule has 0 aliphatic carbocycles. The topological polar surface area (TPSA) is 72.6 Å². The average molecular weight is 228 g/mol. The Morgan fingerprint density at radius 1 is 1.56 bits per heavy atom. The van der Waals surface area contributed by atoms with Crippen molar-refractivity contribution in [2.45, 2.75) is 32.7 Å². The molecular formula is C11H20N2O3. The normalized spacial score (nSPS) is 23.0. The van der Waals surface area contributed by atoms with Gasteiger partial charge in [-0.05, 0) is 26.3 Å². The quantitative estimate of drug-likeness (QED) is 0.679. The predicted octanol–water partition coefficient (Wildman–Crippen LogP) is 0.135. The number of rotatable bonds is 5. The Bertz CT molecular complexity index is 268. The number of hydrogen-bond acceptors (Lipinski definition) is 4. The largest absolute Gasteiger partial charge is 0.466 e. The first-order chi connectivity index (χ1) is 7.56. The van der Waals surface area contributed by atoms with Crippen LogP contribution in [0.4, 0.5) is 0 Å². The maximum absolute atomic E-state index is 11.4. The van der Waals surface area contributed by atoms with Gasteiger partial charge in [0.2, 0.25) is 5.91 Å². The molecule has 1 rings (SSSR count). The number of amides is 1. The zero-order valence-corrected chi connectivity index (χ0v) is 9.94. The van der Waals surface area contributed by atoms with Crippen molar-refractivity contribution in [3.05, 3.63) is 0 Å². The summed E-state index contributed by atoms with van der Waals surface area (Å²) in [5, 5.41) is 0. The molecular weight excluding hydrogens is 208 g/mol. The highest BCUT2D eigenvalue weighted by Crippen LogP contribution is 2.18. The summed E-state index contributed by atoms with van der Waals surface area (Å²) in [7, 11) is 0. The number of ether oxygens (including phenoxy) is 1. The fraction of sp³-hybridized carbons (Fsp3) is 0.818. The van der Waals surface area contributed by atoms with Crippen molar-refractivity contribution in [2.75, 3.05) is 19.7 Å². The summed E-state index contributed by atoms with van der Waals surface area (Å²) < 4.78 is 4.93. The first kappa shape index (κ1) is 13.0. The van der Waals surface area contributed by atoms with Crippen LogP contribution in [0.3, 0.4) is 0 Å². The molecule has 1 amide bonds. The maximum Gasteiger partial charge on any atom is 0.309 e. The molecule has 0 radical (unpaired) electrons. The van der Waals surface area contributed by atoms with Gasteiger partial charge >= 0.3 is 5.97 Å². The zero-order chi connectivity index (χ0) is 12.1. The molecule has 92 valence electrons. The molecule has 0 aromatic rings. The number of esters is 1. The van der Waals surface area contributed by atoms with Crippen LogP contribution in [0.15, 0.2) is 0 Å². The lowest BCUT2D eigenvalue weighted by molar-refractivity contribution is -0.148. The molecule has 5 heteroatoms. The Morgan fingerprint density at radius 2 is 2.25 bits per heavy atom. The van der Waals surface area contributed by atoms with Crippen LogP contribution in [-0.4, -0.2) is 42.5 Å². The second kappa shape index (κ2) is 5.84. The number of carbonyl (C=O) groups is 2. The minimum absolute atomic E-state index is 0.208. The van der Waals surface area contributed by atoms with Gasteiger partial charge < -0.3 is 10.5 Å². The second-order valence-electron chi connectivity index (χ2n) is 4.21. The molecule has 16 heavy (non-hydrogen) atoms. The first-order valence-electron chi connectivity index (χ1n) is 5.76. The lowest BCUT2D eigenvalue weighted by Crippen LogP contribution is -2.43. The smallest absolute Gasteiger partial charge is 0.309 e. The van der Waals surface area contributed by atoms with Crippen molar-refractivity contribution in [3.8, 4) is 0 Å². The fourth-order valence-electron chi connectivity index (χ4n) is 2.08. The van der Waals surface area contributed by atoms with E-state index in [0.717, 1.165) is 19.4 Å². The van der Waals surface area contributed by atoms with Crippen LogP contribution in [0, 0.1) is 5.92 Å². The van der Waals surface area contributed by atoms with Crippen LogP contribution in [0.5, 0.6) is 0 Å². The standard InChI is InChI=1S/C11H20N2O3/c1-3-16-11(15)8(2)7-13-6-4-5-9(13)10(12)14/h8-9H,3-7H2,1-2H3,(H2,12,14). The van der Waals surface area contributed by atoms with Gasteiger partial charge in [0.15, 0.2) is 0 Å². The average Bonchev–Trinajstić information content (AvgIpc) is 2.66. The van der Waals surface area contributed by atoms with E-state index in [1.54, 1.807) is 6.92 Å². The third-order valence-electron chi connectivity index (χ3n) is 2.89. The fourth-order valence-corrected chi connectivity index (χ4v) is 2.08. The molecule has 2 atom stereocenters. The zero-order valence-electron chi connectivity index (χ0n) is 9.94. The van der Waals surface area contributed by atoms with Crippen molar-refractivity contribution in [1.29, 1.82) is 0 Å². The summed E-state index contributed by atoms with van der Waals surface area (Å²) >= 11 is 0. The summed E-state index contributed by atoms with van der Waals surface area (Å²) in [6, 6.07) is -0.211. The van der Waals surface area contributed by atoms with Crippen LogP contribution < -0.4 is 5.73 Å². The number of nitrogens with zero attached hydrogens (tertiary/aromatic N) is 1. The Balaban J connectivity index is 2.46. The Morgan fingerprint density at radius 3 is 2.81 bits per heavy atom. The van der Waals surface area contributed by atoms with Crippen molar-refractivity contribution < 1.29 is 14.3 Å². The molecule has 0 aromatic heterocycles. The molecule has 1 heterocycles. The van der Waals surface area contributed by atoms with Gasteiger partial charge in [-0.25, -0.2) is 0 Å². The van der Waals surface area contributed by atoms with E-state index in [1.165, 1.54) is 0 Å². The Hall–Kier alpha value is -1.10. The van der Waals surface area contributed by atoms with Crippen molar-refractivity contribution >= 4 is 11.9 Å². The van der Waals surface area contributed by atoms with Crippen LogP contribution in [0.25, 0.3) is 0 Å². The van der Waals surface area contributed by atoms with E-state index in [9.17, 15) is 9.59 Å². The van der Waals surface area contributed by atoms with E-state index in [4.69, 9.17) is 10.5 Å². The summed E-state index contributed by atoms with van der Waals surface area (Å²) in [5.74, 6) is -0.717. The number of nitrogens with two attached hydrogens (primary N) is 1. The highest BCUT2D eigenvalue weighted by molar-refractivity contribution is 5.80. The lowest BCUT2D eigenvalue weighted by Gasteiger charge is -2.24. The molecule has 2 N–H and O–H groups in total. The lowest BCUT2D eigenvalue weighted by atomic mass is 10.1. The molecule has 1 fully saturated rings. The van der Waals surface area contributed by atoms with E-state index in [0.29, 0.717) is 13.2 Å². The molecule has 0 bridgehead atoms. The molecule has 5 nitrogen and oxygen atoms in total. The van der Waals surface area contributed by atoms with E-state index < -0.39 is 0 Å². The van der Waals surface area contributed by atoms with Gasteiger partial charge in [-0.1, -0.05) is 6.92 Å². The van der Waals surface area contributed by atoms with Crippen LogP contribution >= 0.6 is 0 Å². The minimum atomic E-state index is -0.298. The van der Waals surface area contributed by atoms with Crippen LogP contribution in [-0.2, 0) is 14.3 Å². The summed E-state index contributed by atoms with van der Waals surface area (Å²) in [6.07, 6.45) is 1.76. The Labute approximate surface area is 95.9 Å². The summed E-state index contributed by atoms with van der Waals surface area (Å²) in [6.45, 7) is 5.37. The highest BCUT2D eigenvalue weighted by atomic mass is 16.5. The van der Waals surface area contributed by atoms with E-state index in [2.05, 4.69) is 0 Å². The van der Waals surface area contributed by atoms with E-state index in [-0.39, 0.29) is 23.8 Å². The van der Waals surface area contributed by atoms with Crippen LogP contribution in [0.2, 0.25) is 0 Å². The number of likely N-dealkylation sites (tertiary alicyclic amines) is 1. The van der Waals surface area contributed by atoms with Crippen molar-refractivity contribution in [3.63, 3.8) is 0 Å². The second-order valence-corrected chi connectivity index (χ2v) is 4.21. The Kier molecular flexibility index (Phi) is 4.73. The molecule has 0 aromatic carbocycles. The van der Waals surface area contributed by atoms with Gasteiger partial charge in [0, 0.05) is 6.54 Å². The number of hydrogen-bond donors (Lipinski definition) is 1.